The van der Waals surface area contributed by atoms with Crippen molar-refractivity contribution >= 4 is 53.3 Å². The lowest BCUT2D eigenvalue weighted by atomic mass is 9.94. The average molecular weight is 1100 g/mol. The predicted molar refractivity (Wildman–Crippen MR) is 207 cm³/mol. The Morgan fingerprint density at radius 2 is 0.913 bits per heavy atom. The summed E-state index contributed by atoms with van der Waals surface area (Å²) < 4.78 is 187. The highest BCUT2D eigenvalue weighted by Crippen LogP contribution is 2.35. The molecule has 4 rings (SSSR count). The quantitative estimate of drug-likeness (QED) is 0.0315. The van der Waals surface area contributed by atoms with E-state index in [2.05, 4.69) is 8.37 Å². The summed E-state index contributed by atoms with van der Waals surface area (Å²) in [4.78, 5) is 24.3. The molecule has 0 radical (unpaired) electrons. The van der Waals surface area contributed by atoms with Crippen molar-refractivity contribution in [2.24, 2.45) is 5.73 Å². The fraction of sp³-hybridized carbons (Fsp3) is 0.931. The zero-order valence-corrected chi connectivity index (χ0v) is 38.0. The maximum Gasteiger partial charge on any atom is 0.397 e. The van der Waals surface area contributed by atoms with Crippen LogP contribution in [0.4, 0.5) is 0 Å². The number of hydrogen-bond donors (Lipinski definition) is 16. The van der Waals surface area contributed by atoms with Gasteiger partial charge in [0, 0.05) is 6.61 Å². The van der Waals surface area contributed by atoms with Crippen LogP contribution in [0.15, 0.2) is 0 Å². The van der Waals surface area contributed by atoms with E-state index in [1.807, 2.05) is 0 Å². The van der Waals surface area contributed by atoms with Crippen molar-refractivity contribution in [3.8, 4) is 0 Å². The molecule has 4 aliphatic rings. The Kier molecular flexibility index (Phi) is 20.8. The van der Waals surface area contributed by atoms with E-state index in [4.69, 9.17) is 43.6 Å². The maximum atomic E-state index is 12.7. The first-order valence-electron chi connectivity index (χ1n) is 19.6. The largest absolute Gasteiger partial charge is 0.479 e. The Balaban J connectivity index is 1.68. The first kappa shape index (κ1) is 59.3. The third-order valence-corrected chi connectivity index (χ3v) is 12.3. The van der Waals surface area contributed by atoms with Gasteiger partial charge in [-0.2, -0.15) is 43.1 Å². The maximum absolute atomic E-state index is 12.7. The van der Waals surface area contributed by atoms with Crippen LogP contribution >= 0.6 is 0 Å². The lowest BCUT2D eigenvalue weighted by Crippen LogP contribution is -2.70. The zero-order valence-electron chi connectivity index (χ0n) is 34.7. The van der Waals surface area contributed by atoms with Gasteiger partial charge in [0.05, 0.1) is 13.2 Å². The standard InChI is InChI=1S/C29H51N3O33S4/c30-4-2-1-3-5-56-26-10(31-66(44,45)46)12(33)19(8(59-26)6-57-68(50,51)52)62-29-18(39)16(37)21(23(65-29)25(42)43)63-27-11(32-67(47,48)49)13(34)20(9(60-27)7-58-69(53,54)55)61-28-17(38)14(35)15(36)22(64-28)24(40)41/h8-23,26-29,31-39H,1-7,30H2,(H,40,41)(H,42,43)(H,44,45,46)(H,47,48,49)(H,50,51,52)(H,53,54,55)/t8-,9-,10-,11-,12-,13-,14+,15+,16-,17-,18-,19-,20-,21+,22-,23-,26+,27-,28-,29-/m1/s1. The monoisotopic (exact) mass is 1100 g/mol. The molecule has 40 heteroatoms. The van der Waals surface area contributed by atoms with Crippen LogP contribution in [0.25, 0.3) is 0 Å². The van der Waals surface area contributed by atoms with Crippen LogP contribution in [-0.2, 0) is 97.3 Å². The summed E-state index contributed by atoms with van der Waals surface area (Å²) in [7, 11) is -21.7. The molecule has 20 atom stereocenters. The molecule has 4 heterocycles. The molecule has 36 nitrogen and oxygen atoms in total. The second-order valence-corrected chi connectivity index (χ2v) is 19.8. The van der Waals surface area contributed by atoms with Crippen LogP contribution < -0.4 is 15.2 Å². The lowest BCUT2D eigenvalue weighted by molar-refractivity contribution is -0.370. The number of carboxylic acid groups (broad SMARTS) is 2. The lowest BCUT2D eigenvalue weighted by Gasteiger charge is -2.49. The van der Waals surface area contributed by atoms with Crippen molar-refractivity contribution < 1.29 is 154 Å². The molecular weight excluding hydrogens is 1050 g/mol. The van der Waals surface area contributed by atoms with E-state index in [1.54, 1.807) is 4.72 Å². The molecule has 4 aliphatic heterocycles. The van der Waals surface area contributed by atoms with Crippen LogP contribution in [0, 0.1) is 0 Å². The Labute approximate surface area is 389 Å². The molecule has 0 amide bonds. The topological polar surface area (TPSA) is 576 Å². The van der Waals surface area contributed by atoms with Gasteiger partial charge in [-0.25, -0.2) is 18.0 Å². The van der Waals surface area contributed by atoms with E-state index < -0.39 is 189 Å². The van der Waals surface area contributed by atoms with Crippen LogP contribution in [0.1, 0.15) is 19.3 Å². The summed E-state index contributed by atoms with van der Waals surface area (Å²) in [6, 6.07) is -4.68. The molecule has 17 N–H and O–H groups in total. The highest BCUT2D eigenvalue weighted by molar-refractivity contribution is 7.84. The Morgan fingerprint density at radius 3 is 1.35 bits per heavy atom. The van der Waals surface area contributed by atoms with Crippen molar-refractivity contribution in [3.63, 3.8) is 0 Å². The average Bonchev–Trinajstić information content (AvgIpc) is 3.21. The van der Waals surface area contributed by atoms with Gasteiger partial charge in [0.15, 0.2) is 37.4 Å². The number of unbranched alkanes of at least 4 members (excludes halogenated alkanes) is 2. The summed E-state index contributed by atoms with van der Waals surface area (Å²) in [5.41, 5.74) is 5.45. The van der Waals surface area contributed by atoms with E-state index in [9.17, 15) is 107 Å². The van der Waals surface area contributed by atoms with Gasteiger partial charge in [0.2, 0.25) is 0 Å². The number of aliphatic carboxylic acids is 2. The Bertz CT molecular complexity index is 2170. The summed E-state index contributed by atoms with van der Waals surface area (Å²) >= 11 is 0. The molecule has 404 valence electrons. The van der Waals surface area contributed by atoms with E-state index in [1.165, 1.54) is 4.72 Å². The normalized spacial score (nSPS) is 39.5. The summed E-state index contributed by atoms with van der Waals surface area (Å²) in [6.07, 6.45) is -42.8. The number of aliphatic hydroxyl groups excluding tert-OH is 7. The molecule has 0 aliphatic carbocycles. The Morgan fingerprint density at radius 1 is 0.493 bits per heavy atom. The van der Waals surface area contributed by atoms with Gasteiger partial charge in [-0.15, -0.1) is 0 Å². The van der Waals surface area contributed by atoms with Crippen molar-refractivity contribution in [1.82, 2.24) is 9.44 Å². The highest BCUT2D eigenvalue weighted by Gasteiger charge is 2.58. The molecule has 4 saturated heterocycles. The smallest absolute Gasteiger partial charge is 0.397 e. The Hall–Kier alpha value is -2.22. The molecule has 0 unspecified atom stereocenters. The van der Waals surface area contributed by atoms with Gasteiger partial charge >= 0.3 is 53.3 Å². The van der Waals surface area contributed by atoms with Crippen LogP contribution in [0.2, 0.25) is 0 Å². The van der Waals surface area contributed by atoms with Gasteiger partial charge in [0.25, 0.3) is 0 Å². The van der Waals surface area contributed by atoms with Crippen molar-refractivity contribution in [1.29, 1.82) is 0 Å². The van der Waals surface area contributed by atoms with E-state index in [-0.39, 0.29) is 19.6 Å². The molecule has 69 heavy (non-hydrogen) atoms. The van der Waals surface area contributed by atoms with Crippen molar-refractivity contribution in [2.75, 3.05) is 26.4 Å². The number of rotatable bonds is 24. The summed E-state index contributed by atoms with van der Waals surface area (Å²) in [5, 5.41) is 95.8. The highest BCUT2D eigenvalue weighted by atomic mass is 32.3. The third kappa shape index (κ3) is 16.6. The molecular formula is C29H51N3O33S4. The zero-order chi connectivity index (χ0) is 52.1. The summed E-state index contributed by atoms with van der Waals surface area (Å²) in [5.74, 6) is -4.12. The SMILES string of the molecule is NCCCCCO[C@H]1O[C@H](COS(=O)(=O)O)[C@@H](O[C@@H]2O[C@@H](C(=O)O)[C@@H](O[C@H]3O[C@H](COS(=O)(=O)O)[C@@H](O[C@@H]4O[C@@H](C(=O)O)[C@@H](O)[C@H](O)[C@H]4O)[C@H](O)[C@H]3NS(=O)(=O)O)[C@H](O)[C@H]2O)[C@H](O)[C@H]1NS(=O)(=O)O. The van der Waals surface area contributed by atoms with Gasteiger partial charge in [-0.3, -0.25) is 18.2 Å². The minimum Gasteiger partial charge on any atom is -0.479 e. The number of ether oxygens (including phenoxy) is 8. The molecule has 0 bridgehead atoms. The molecule has 0 aromatic rings. The summed E-state index contributed by atoms with van der Waals surface area (Å²) in [6.45, 7) is -2.82. The fourth-order valence-electron chi connectivity index (χ4n) is 7.16. The third-order valence-electron chi connectivity index (χ3n) is 10.3. The van der Waals surface area contributed by atoms with Gasteiger partial charge in [0.1, 0.15) is 85.3 Å². The molecule has 4 fully saturated rings. The minimum absolute atomic E-state index is 0.244. The molecule has 0 spiro atoms. The number of nitrogens with two attached hydrogens (primary N) is 1. The second-order valence-electron chi connectivity index (χ2n) is 15.2. The van der Waals surface area contributed by atoms with Gasteiger partial charge < -0.3 is 89.6 Å². The number of hydrogen-bond acceptors (Lipinski definition) is 28. The van der Waals surface area contributed by atoms with Crippen LogP contribution in [0.3, 0.4) is 0 Å². The minimum atomic E-state index is -5.59. The van der Waals surface area contributed by atoms with Gasteiger partial charge in [-0.1, -0.05) is 0 Å². The van der Waals surface area contributed by atoms with E-state index >= 15 is 0 Å². The predicted octanol–water partition coefficient (Wildman–Crippen LogP) is -9.96. The van der Waals surface area contributed by atoms with Crippen LogP contribution in [0.5, 0.6) is 0 Å². The van der Waals surface area contributed by atoms with Gasteiger partial charge in [-0.05, 0) is 25.8 Å². The first-order valence-corrected chi connectivity index (χ1v) is 25.2. The molecule has 0 saturated carbocycles. The van der Waals surface area contributed by atoms with Crippen LogP contribution in [-0.4, -0.2) is 259 Å². The molecule has 0 aromatic heterocycles. The van der Waals surface area contributed by atoms with Crippen molar-refractivity contribution in [3.05, 3.63) is 0 Å². The number of carbonyl (C=O) groups is 2. The number of carboxylic acids is 2. The number of nitrogens with one attached hydrogen (secondary N) is 2. The van der Waals surface area contributed by atoms with E-state index in [0.29, 0.717) is 12.8 Å². The molecule has 0 aromatic carbocycles. The van der Waals surface area contributed by atoms with E-state index in [0.717, 1.165) is 0 Å². The first-order chi connectivity index (χ1) is 31.7. The number of aliphatic hydroxyl groups is 7. The fourth-order valence-corrected chi connectivity index (χ4v) is 8.96. The second kappa shape index (κ2) is 24.2. The van der Waals surface area contributed by atoms with Crippen molar-refractivity contribution in [2.45, 2.75) is 142 Å².